The zero-order valence-corrected chi connectivity index (χ0v) is 16.4. The summed E-state index contributed by atoms with van der Waals surface area (Å²) in [5, 5.41) is 6.80. The number of benzene rings is 1. The Labute approximate surface area is 157 Å². The molecule has 1 aromatic heterocycles. The molecular weight excluding hydrogens is 322 g/mol. The van der Waals surface area contributed by atoms with E-state index in [0.717, 1.165) is 37.6 Å². The lowest BCUT2D eigenvalue weighted by atomic mass is 10.0. The molecule has 140 valence electrons. The number of rotatable bonds is 8. The van der Waals surface area contributed by atoms with Crippen LogP contribution in [0.4, 0.5) is 0 Å². The fourth-order valence-electron chi connectivity index (χ4n) is 2.84. The maximum atomic E-state index is 4.35. The van der Waals surface area contributed by atoms with Gasteiger partial charge in [-0.3, -0.25) is 9.98 Å². The minimum Gasteiger partial charge on any atom is -0.356 e. The van der Waals surface area contributed by atoms with Crippen LogP contribution in [0.2, 0.25) is 0 Å². The van der Waals surface area contributed by atoms with Gasteiger partial charge in [-0.15, -0.1) is 0 Å². The normalized spacial score (nSPS) is 12.9. The summed E-state index contributed by atoms with van der Waals surface area (Å²) in [5.41, 5.74) is 3.76. The number of likely N-dealkylation sites (N-methyl/N-ethyl adjacent to an activating group) is 1. The Hall–Kier alpha value is -2.40. The predicted octanol–water partition coefficient (Wildman–Crippen LogP) is 2.65. The summed E-state index contributed by atoms with van der Waals surface area (Å²) in [6.07, 6.45) is 3.77. The summed E-state index contributed by atoms with van der Waals surface area (Å²) in [6.45, 7) is 3.77. The van der Waals surface area contributed by atoms with Crippen molar-refractivity contribution in [2.24, 2.45) is 4.99 Å². The fourth-order valence-corrected chi connectivity index (χ4v) is 2.84. The number of guanidine groups is 1. The SMILES string of the molecule is CCc1ccc(C(CNC(=NC)NCCc2ccccn2)N(C)C)cc1. The van der Waals surface area contributed by atoms with Crippen LogP contribution >= 0.6 is 0 Å². The van der Waals surface area contributed by atoms with Gasteiger partial charge in [0.1, 0.15) is 0 Å². The number of nitrogens with one attached hydrogen (secondary N) is 2. The van der Waals surface area contributed by atoms with Crippen LogP contribution in [0, 0.1) is 0 Å². The quantitative estimate of drug-likeness (QED) is 0.566. The van der Waals surface area contributed by atoms with Gasteiger partial charge in [-0.05, 0) is 43.8 Å². The van der Waals surface area contributed by atoms with Crippen molar-refractivity contribution in [3.8, 4) is 0 Å². The van der Waals surface area contributed by atoms with Crippen molar-refractivity contribution >= 4 is 5.96 Å². The van der Waals surface area contributed by atoms with E-state index in [9.17, 15) is 0 Å². The standard InChI is InChI=1S/C21H31N5/c1-5-17-9-11-18(12-10-17)20(26(3)4)16-25-21(22-2)24-15-13-19-8-6-7-14-23-19/h6-12,14,20H,5,13,15-16H2,1-4H3,(H2,22,24,25). The van der Waals surface area contributed by atoms with E-state index >= 15 is 0 Å². The Kier molecular flexibility index (Phi) is 8.09. The Balaban J connectivity index is 1.87. The number of nitrogens with zero attached hydrogens (tertiary/aromatic N) is 3. The lowest BCUT2D eigenvalue weighted by molar-refractivity contribution is 0.298. The summed E-state index contributed by atoms with van der Waals surface area (Å²) in [4.78, 5) is 10.9. The number of pyridine rings is 1. The maximum absolute atomic E-state index is 4.35. The van der Waals surface area contributed by atoms with E-state index in [1.54, 1.807) is 7.05 Å². The maximum Gasteiger partial charge on any atom is 0.191 e. The van der Waals surface area contributed by atoms with Crippen LogP contribution in [0.25, 0.3) is 0 Å². The monoisotopic (exact) mass is 353 g/mol. The van der Waals surface area contributed by atoms with Crippen LogP contribution in [0.15, 0.2) is 53.7 Å². The third-order valence-corrected chi connectivity index (χ3v) is 4.48. The first-order valence-corrected chi connectivity index (χ1v) is 9.23. The van der Waals surface area contributed by atoms with Gasteiger partial charge in [0, 0.05) is 38.4 Å². The smallest absolute Gasteiger partial charge is 0.191 e. The molecule has 5 heteroatoms. The van der Waals surface area contributed by atoms with Crippen LogP contribution in [-0.2, 0) is 12.8 Å². The van der Waals surface area contributed by atoms with Crippen molar-refractivity contribution in [1.29, 1.82) is 0 Å². The minimum atomic E-state index is 0.287. The molecule has 0 bridgehead atoms. The molecule has 0 aliphatic heterocycles. The highest BCUT2D eigenvalue weighted by molar-refractivity contribution is 5.79. The van der Waals surface area contributed by atoms with Crippen LogP contribution < -0.4 is 10.6 Å². The Morgan fingerprint density at radius 1 is 1.12 bits per heavy atom. The van der Waals surface area contributed by atoms with Crippen molar-refractivity contribution in [2.75, 3.05) is 34.2 Å². The van der Waals surface area contributed by atoms with Gasteiger partial charge in [0.05, 0.1) is 6.04 Å². The summed E-state index contributed by atoms with van der Waals surface area (Å²) >= 11 is 0. The molecule has 2 aromatic rings. The lowest BCUT2D eigenvalue weighted by Gasteiger charge is -2.26. The molecule has 0 aliphatic carbocycles. The van der Waals surface area contributed by atoms with Gasteiger partial charge in [0.15, 0.2) is 5.96 Å². The summed E-state index contributed by atoms with van der Waals surface area (Å²) in [6, 6.07) is 15.2. The van der Waals surface area contributed by atoms with Gasteiger partial charge in [-0.25, -0.2) is 0 Å². The average molecular weight is 354 g/mol. The number of aromatic nitrogens is 1. The van der Waals surface area contributed by atoms with E-state index in [2.05, 4.69) is 70.8 Å². The van der Waals surface area contributed by atoms with Gasteiger partial charge >= 0.3 is 0 Å². The molecule has 0 fully saturated rings. The highest BCUT2D eigenvalue weighted by Crippen LogP contribution is 2.18. The second-order valence-electron chi connectivity index (χ2n) is 6.53. The van der Waals surface area contributed by atoms with E-state index < -0.39 is 0 Å². The van der Waals surface area contributed by atoms with Gasteiger partial charge in [-0.2, -0.15) is 0 Å². The third kappa shape index (κ3) is 6.15. The van der Waals surface area contributed by atoms with Gasteiger partial charge in [-0.1, -0.05) is 37.3 Å². The van der Waals surface area contributed by atoms with E-state index in [-0.39, 0.29) is 6.04 Å². The van der Waals surface area contributed by atoms with E-state index in [4.69, 9.17) is 0 Å². The molecule has 1 aromatic carbocycles. The number of hydrogen-bond donors (Lipinski definition) is 2. The molecular formula is C21H31N5. The molecule has 0 spiro atoms. The zero-order valence-electron chi connectivity index (χ0n) is 16.4. The number of aryl methyl sites for hydroxylation is 1. The summed E-state index contributed by atoms with van der Waals surface area (Å²) < 4.78 is 0. The van der Waals surface area contributed by atoms with Gasteiger partial charge in [0.25, 0.3) is 0 Å². The van der Waals surface area contributed by atoms with Crippen molar-refractivity contribution in [1.82, 2.24) is 20.5 Å². The molecule has 0 saturated carbocycles. The van der Waals surface area contributed by atoms with Crippen molar-refractivity contribution in [2.45, 2.75) is 25.8 Å². The fraction of sp³-hybridized carbons (Fsp3) is 0.429. The zero-order chi connectivity index (χ0) is 18.8. The first-order valence-electron chi connectivity index (χ1n) is 9.23. The molecule has 0 aliphatic rings. The first-order chi connectivity index (χ1) is 12.6. The molecule has 5 nitrogen and oxygen atoms in total. The molecule has 0 amide bonds. The lowest BCUT2D eigenvalue weighted by Crippen LogP contribution is -2.42. The number of hydrogen-bond acceptors (Lipinski definition) is 3. The summed E-state index contributed by atoms with van der Waals surface area (Å²) in [5.74, 6) is 0.818. The minimum absolute atomic E-state index is 0.287. The molecule has 2 rings (SSSR count). The van der Waals surface area contributed by atoms with Crippen molar-refractivity contribution in [3.05, 3.63) is 65.5 Å². The van der Waals surface area contributed by atoms with Crippen LogP contribution in [0.1, 0.15) is 29.8 Å². The molecule has 0 saturated heterocycles. The molecule has 1 heterocycles. The number of aliphatic imine (C=N–C) groups is 1. The Morgan fingerprint density at radius 3 is 2.46 bits per heavy atom. The molecule has 26 heavy (non-hydrogen) atoms. The largest absolute Gasteiger partial charge is 0.356 e. The highest BCUT2D eigenvalue weighted by atomic mass is 15.2. The van der Waals surface area contributed by atoms with Crippen molar-refractivity contribution in [3.63, 3.8) is 0 Å². The Morgan fingerprint density at radius 2 is 1.88 bits per heavy atom. The Bertz CT molecular complexity index is 665. The van der Waals surface area contributed by atoms with Gasteiger partial charge < -0.3 is 15.5 Å². The third-order valence-electron chi connectivity index (χ3n) is 4.48. The average Bonchev–Trinajstić information content (AvgIpc) is 2.67. The molecule has 0 radical (unpaired) electrons. The first kappa shape index (κ1) is 19.9. The second kappa shape index (κ2) is 10.6. The van der Waals surface area contributed by atoms with Gasteiger partial charge in [0.2, 0.25) is 0 Å². The van der Waals surface area contributed by atoms with E-state index in [0.29, 0.717) is 0 Å². The highest BCUT2D eigenvalue weighted by Gasteiger charge is 2.14. The molecule has 1 atom stereocenters. The molecule has 1 unspecified atom stereocenters. The topological polar surface area (TPSA) is 52.6 Å². The summed E-state index contributed by atoms with van der Waals surface area (Å²) in [7, 11) is 6.02. The van der Waals surface area contributed by atoms with Crippen molar-refractivity contribution < 1.29 is 0 Å². The van der Waals surface area contributed by atoms with Crippen LogP contribution in [0.5, 0.6) is 0 Å². The molecule has 2 N–H and O–H groups in total. The van der Waals surface area contributed by atoms with E-state index in [1.807, 2.05) is 24.4 Å². The van der Waals surface area contributed by atoms with Crippen LogP contribution in [-0.4, -0.2) is 50.1 Å². The van der Waals surface area contributed by atoms with Crippen LogP contribution in [0.3, 0.4) is 0 Å². The second-order valence-corrected chi connectivity index (χ2v) is 6.53. The van der Waals surface area contributed by atoms with E-state index in [1.165, 1.54) is 11.1 Å². The predicted molar refractivity (Wildman–Crippen MR) is 110 cm³/mol.